The Balaban J connectivity index is 1.28. The summed E-state index contributed by atoms with van der Waals surface area (Å²) < 4.78 is 12.1. The van der Waals surface area contributed by atoms with Crippen molar-refractivity contribution in [3.05, 3.63) is 142 Å². The van der Waals surface area contributed by atoms with Gasteiger partial charge in [0.15, 0.2) is 0 Å². The van der Waals surface area contributed by atoms with E-state index in [2.05, 4.69) is 27.5 Å². The molecule has 0 saturated carbocycles. The number of carbonyl (C=O) groups is 3. The molecule has 5 rings (SSSR count). The fourth-order valence-electron chi connectivity index (χ4n) is 6.11. The molecule has 2 atom stereocenters. The number of hydrogen-bond donors (Lipinski definition) is 4. The number of amides is 3. The first-order valence-corrected chi connectivity index (χ1v) is 16.9. The minimum atomic E-state index is -0.935. The first kappa shape index (κ1) is 37.2. The van der Waals surface area contributed by atoms with E-state index in [1.165, 1.54) is 16.8 Å². The van der Waals surface area contributed by atoms with Gasteiger partial charge in [-0.3, -0.25) is 29.8 Å². The molecule has 4 aromatic rings. The summed E-state index contributed by atoms with van der Waals surface area (Å²) in [6, 6.07) is 24.3. The first-order valence-electron chi connectivity index (χ1n) is 16.9. The molecule has 1 aliphatic heterocycles. The Morgan fingerprint density at radius 1 is 0.981 bits per heavy atom. The highest BCUT2D eigenvalue weighted by atomic mass is 16.6. The van der Waals surface area contributed by atoms with Crippen LogP contribution in [0.3, 0.4) is 0 Å². The average molecular weight is 706 g/mol. The largest absolute Gasteiger partial charge is 0.444 e. The van der Waals surface area contributed by atoms with E-state index in [4.69, 9.17) is 14.9 Å². The predicted molar refractivity (Wildman–Crippen MR) is 197 cm³/mol. The van der Waals surface area contributed by atoms with Gasteiger partial charge in [-0.1, -0.05) is 91.0 Å². The standard InChI is InChI=1S/C39H43N7O6/c1-5-20-45(38(50)52-25-29-14-10-7-11-15-29)32-23-42-36-39(4,44-26(2)3)21-31(46(36)35(32)48)34(47)41-22-27-16-18-30(19-17-27)33(40)43-37(49)51-24-28-12-8-6-9-13-28/h5-19,23,26,31,44H,1,20-22,24-25H2,2-4H3,(H,41,47)(H2,40,43,49). The van der Waals surface area contributed by atoms with Crippen LogP contribution in [0.25, 0.3) is 0 Å². The summed E-state index contributed by atoms with van der Waals surface area (Å²) in [6.07, 6.45) is 1.58. The average Bonchev–Trinajstić information content (AvgIpc) is 3.44. The van der Waals surface area contributed by atoms with Gasteiger partial charge >= 0.3 is 12.2 Å². The van der Waals surface area contributed by atoms with Crippen LogP contribution in [-0.2, 0) is 39.6 Å². The molecule has 0 saturated heterocycles. The number of benzene rings is 3. The number of nitrogens with one attached hydrogen (secondary N) is 4. The van der Waals surface area contributed by atoms with Crippen molar-refractivity contribution >= 4 is 29.6 Å². The summed E-state index contributed by atoms with van der Waals surface area (Å²) in [5.41, 5.74) is 1.38. The molecule has 0 aliphatic carbocycles. The van der Waals surface area contributed by atoms with Gasteiger partial charge < -0.3 is 20.1 Å². The van der Waals surface area contributed by atoms with Crippen LogP contribution in [0.1, 0.15) is 61.3 Å². The molecule has 52 heavy (non-hydrogen) atoms. The van der Waals surface area contributed by atoms with Crippen molar-refractivity contribution in [1.82, 2.24) is 25.5 Å². The Kier molecular flexibility index (Phi) is 12.0. The highest BCUT2D eigenvalue weighted by molar-refractivity contribution is 6.04. The molecule has 3 aromatic carbocycles. The minimum Gasteiger partial charge on any atom is -0.444 e. The predicted octanol–water partition coefficient (Wildman–Crippen LogP) is 5.30. The minimum absolute atomic E-state index is 0.00829. The Bertz CT molecular complexity index is 1960. The maximum Gasteiger partial charge on any atom is 0.415 e. The smallest absolute Gasteiger partial charge is 0.415 e. The third-order valence-electron chi connectivity index (χ3n) is 8.47. The third kappa shape index (κ3) is 8.98. The molecule has 3 amide bonds. The topological polar surface area (TPSA) is 168 Å². The van der Waals surface area contributed by atoms with Crippen molar-refractivity contribution in [3.63, 3.8) is 0 Å². The SMILES string of the molecule is C=CCN(C(=O)OCc1ccccc1)c1cnc2n(c1=O)C(C(=O)NCc1ccc(C(=N)NC(=O)OCc3ccccc3)cc1)CC2(C)NC(C)C. The molecular weight excluding hydrogens is 662 g/mol. The van der Waals surface area contributed by atoms with Gasteiger partial charge in [0.25, 0.3) is 5.56 Å². The van der Waals surface area contributed by atoms with E-state index >= 15 is 0 Å². The highest BCUT2D eigenvalue weighted by Crippen LogP contribution is 2.38. The van der Waals surface area contributed by atoms with E-state index in [9.17, 15) is 19.2 Å². The molecule has 0 fully saturated rings. The summed E-state index contributed by atoms with van der Waals surface area (Å²) in [6.45, 7) is 9.78. The number of amidine groups is 1. The van der Waals surface area contributed by atoms with Gasteiger partial charge in [-0.25, -0.2) is 14.6 Å². The van der Waals surface area contributed by atoms with Gasteiger partial charge in [-0.15, -0.1) is 6.58 Å². The Labute approximate surface area is 302 Å². The first-order chi connectivity index (χ1) is 25.0. The van der Waals surface area contributed by atoms with Gasteiger partial charge in [-0.05, 0) is 37.5 Å². The lowest BCUT2D eigenvalue weighted by molar-refractivity contribution is -0.124. The van der Waals surface area contributed by atoms with Gasteiger partial charge in [0.2, 0.25) is 5.91 Å². The third-order valence-corrected chi connectivity index (χ3v) is 8.47. The Morgan fingerprint density at radius 2 is 1.60 bits per heavy atom. The van der Waals surface area contributed by atoms with Gasteiger partial charge in [-0.2, -0.15) is 0 Å². The van der Waals surface area contributed by atoms with Gasteiger partial charge in [0, 0.05) is 31.1 Å². The van der Waals surface area contributed by atoms with Crippen molar-refractivity contribution in [2.45, 2.75) is 64.6 Å². The molecule has 13 heteroatoms. The van der Waals surface area contributed by atoms with Crippen molar-refractivity contribution in [2.75, 3.05) is 11.4 Å². The van der Waals surface area contributed by atoms with Gasteiger partial charge in [0.1, 0.15) is 36.6 Å². The van der Waals surface area contributed by atoms with Crippen LogP contribution >= 0.6 is 0 Å². The zero-order chi connectivity index (χ0) is 37.3. The second-order valence-electron chi connectivity index (χ2n) is 12.9. The summed E-state index contributed by atoms with van der Waals surface area (Å²) in [5.74, 6) is -0.160. The molecule has 1 aliphatic rings. The second-order valence-corrected chi connectivity index (χ2v) is 12.9. The highest BCUT2D eigenvalue weighted by Gasteiger charge is 2.46. The maximum atomic E-state index is 14.2. The normalized spacial score (nSPS) is 16.0. The lowest BCUT2D eigenvalue weighted by Gasteiger charge is -2.28. The lowest BCUT2D eigenvalue weighted by Crippen LogP contribution is -2.44. The van der Waals surface area contributed by atoms with Crippen LogP contribution in [0, 0.1) is 5.41 Å². The molecule has 270 valence electrons. The number of hydrogen-bond acceptors (Lipinski definition) is 9. The molecule has 4 N–H and O–H groups in total. The quantitative estimate of drug-likeness (QED) is 0.0826. The van der Waals surface area contributed by atoms with Crippen molar-refractivity contribution in [1.29, 1.82) is 5.41 Å². The number of aromatic nitrogens is 2. The Hall–Kier alpha value is -6.08. The fraction of sp³-hybridized carbons (Fsp3) is 0.282. The van der Waals surface area contributed by atoms with Crippen LogP contribution in [0.2, 0.25) is 0 Å². The molecule has 0 radical (unpaired) electrons. The number of fused-ring (bicyclic) bond motifs is 1. The van der Waals surface area contributed by atoms with Crippen LogP contribution < -0.4 is 26.4 Å². The van der Waals surface area contributed by atoms with E-state index < -0.39 is 35.2 Å². The van der Waals surface area contributed by atoms with Crippen molar-refractivity contribution in [2.24, 2.45) is 0 Å². The van der Waals surface area contributed by atoms with Crippen LogP contribution in [0.4, 0.5) is 15.3 Å². The summed E-state index contributed by atoms with van der Waals surface area (Å²) in [5, 5.41) is 17.1. The maximum absolute atomic E-state index is 14.2. The number of ether oxygens (including phenoxy) is 2. The van der Waals surface area contributed by atoms with E-state index in [1.54, 1.807) is 24.3 Å². The summed E-state index contributed by atoms with van der Waals surface area (Å²) in [4.78, 5) is 59.3. The lowest BCUT2D eigenvalue weighted by atomic mass is 9.95. The number of nitrogens with zero attached hydrogens (tertiary/aromatic N) is 3. The number of anilines is 1. The zero-order valence-electron chi connectivity index (χ0n) is 29.4. The second kappa shape index (κ2) is 16.8. The van der Waals surface area contributed by atoms with Crippen molar-refractivity contribution < 1.29 is 23.9 Å². The van der Waals surface area contributed by atoms with Gasteiger partial charge in [0.05, 0.1) is 11.7 Å². The zero-order valence-corrected chi connectivity index (χ0v) is 29.4. The number of carbonyl (C=O) groups excluding carboxylic acids is 3. The molecular formula is C39H43N7O6. The van der Waals surface area contributed by atoms with E-state index in [1.807, 2.05) is 81.4 Å². The molecule has 0 bridgehead atoms. The Morgan fingerprint density at radius 3 is 2.19 bits per heavy atom. The van der Waals surface area contributed by atoms with E-state index in [-0.39, 0.29) is 50.3 Å². The monoisotopic (exact) mass is 705 g/mol. The summed E-state index contributed by atoms with van der Waals surface area (Å²) >= 11 is 0. The molecule has 1 aromatic heterocycles. The summed E-state index contributed by atoms with van der Waals surface area (Å²) in [7, 11) is 0. The fourth-order valence-corrected chi connectivity index (χ4v) is 6.11. The van der Waals surface area contributed by atoms with Crippen molar-refractivity contribution in [3.8, 4) is 0 Å². The molecule has 13 nitrogen and oxygen atoms in total. The molecule has 0 spiro atoms. The number of rotatable bonds is 13. The number of alkyl carbamates (subject to hydrolysis) is 1. The van der Waals surface area contributed by atoms with E-state index in [0.29, 0.717) is 11.4 Å². The van der Waals surface area contributed by atoms with E-state index in [0.717, 1.165) is 21.6 Å². The van der Waals surface area contributed by atoms with Crippen LogP contribution in [0.15, 0.2) is 109 Å². The molecule has 2 unspecified atom stereocenters. The van der Waals surface area contributed by atoms with Crippen LogP contribution in [0.5, 0.6) is 0 Å². The van der Waals surface area contributed by atoms with Crippen LogP contribution in [-0.4, -0.2) is 46.1 Å². The molecule has 2 heterocycles.